The third-order valence-electron chi connectivity index (χ3n) is 4.34. The summed E-state index contributed by atoms with van der Waals surface area (Å²) >= 11 is 0. The molecule has 0 amide bonds. The Morgan fingerprint density at radius 3 is 2.95 bits per heavy atom. The van der Waals surface area contributed by atoms with Gasteiger partial charge in [-0.2, -0.15) is 0 Å². The molecule has 19 heavy (non-hydrogen) atoms. The number of ketones is 1. The van der Waals surface area contributed by atoms with Crippen molar-refractivity contribution in [2.75, 3.05) is 6.61 Å². The number of rotatable bonds is 2. The summed E-state index contributed by atoms with van der Waals surface area (Å²) < 4.78 is 8.07. The van der Waals surface area contributed by atoms with Crippen LogP contribution in [0.5, 0.6) is 0 Å². The van der Waals surface area contributed by atoms with Gasteiger partial charge in [0, 0.05) is 37.0 Å². The number of carbonyl (C=O) groups is 1. The van der Waals surface area contributed by atoms with Crippen LogP contribution in [0.2, 0.25) is 0 Å². The molecule has 1 fully saturated rings. The first-order chi connectivity index (χ1) is 9.05. The number of hydrogen-bond acceptors (Lipinski definition) is 2. The fourth-order valence-electron chi connectivity index (χ4n) is 3.34. The van der Waals surface area contributed by atoms with Gasteiger partial charge in [-0.05, 0) is 37.2 Å². The molecule has 3 nitrogen and oxygen atoms in total. The van der Waals surface area contributed by atoms with Crippen molar-refractivity contribution in [2.45, 2.75) is 58.6 Å². The van der Waals surface area contributed by atoms with Crippen molar-refractivity contribution in [3.63, 3.8) is 0 Å². The van der Waals surface area contributed by atoms with Gasteiger partial charge in [0.05, 0.1) is 6.10 Å². The van der Waals surface area contributed by atoms with Crippen molar-refractivity contribution < 1.29 is 9.53 Å². The first kappa shape index (κ1) is 12.9. The van der Waals surface area contributed by atoms with Crippen LogP contribution in [0.1, 0.15) is 55.6 Å². The van der Waals surface area contributed by atoms with E-state index in [0.29, 0.717) is 18.3 Å². The molecule has 1 aromatic heterocycles. The topological polar surface area (TPSA) is 31.2 Å². The second kappa shape index (κ2) is 4.78. The number of nitrogens with zero attached hydrogens (tertiary/aromatic N) is 1. The summed E-state index contributed by atoms with van der Waals surface area (Å²) in [5.74, 6) is 0.301. The summed E-state index contributed by atoms with van der Waals surface area (Å²) in [4.78, 5) is 12.2. The predicted octanol–water partition coefficient (Wildman–Crippen LogP) is 3.21. The lowest BCUT2D eigenvalue weighted by molar-refractivity contribution is 0.00535. The fourth-order valence-corrected chi connectivity index (χ4v) is 3.34. The minimum atomic E-state index is 0.0909. The van der Waals surface area contributed by atoms with Crippen molar-refractivity contribution in [2.24, 2.45) is 5.41 Å². The van der Waals surface area contributed by atoms with Crippen LogP contribution in [0.25, 0.3) is 0 Å². The molecule has 3 rings (SSSR count). The van der Waals surface area contributed by atoms with Gasteiger partial charge in [-0.3, -0.25) is 4.79 Å². The van der Waals surface area contributed by atoms with E-state index in [1.807, 2.05) is 6.07 Å². The van der Waals surface area contributed by atoms with Gasteiger partial charge in [0.15, 0.2) is 5.78 Å². The minimum Gasteiger partial charge on any atom is -0.376 e. The van der Waals surface area contributed by atoms with Crippen LogP contribution >= 0.6 is 0 Å². The molecule has 1 aliphatic carbocycles. The van der Waals surface area contributed by atoms with Crippen LogP contribution in [-0.4, -0.2) is 23.1 Å². The van der Waals surface area contributed by atoms with Gasteiger partial charge in [-0.25, -0.2) is 0 Å². The Morgan fingerprint density at radius 1 is 1.37 bits per heavy atom. The molecule has 2 heterocycles. The highest BCUT2D eigenvalue weighted by atomic mass is 16.5. The zero-order valence-electron chi connectivity index (χ0n) is 11.9. The monoisotopic (exact) mass is 261 g/mol. The number of fused-ring (bicyclic) bond motifs is 1. The number of carbonyl (C=O) groups excluding carboxylic acids is 1. The van der Waals surface area contributed by atoms with Crippen LogP contribution in [-0.2, 0) is 17.7 Å². The zero-order valence-corrected chi connectivity index (χ0v) is 11.9. The van der Waals surface area contributed by atoms with Crippen molar-refractivity contribution in [1.29, 1.82) is 0 Å². The number of Topliss-reactive ketones (excluding diaryl/α,β-unsaturated/α-hetero) is 1. The molecule has 3 heteroatoms. The minimum absolute atomic E-state index is 0.0909. The van der Waals surface area contributed by atoms with Gasteiger partial charge in [0.25, 0.3) is 0 Å². The maximum absolute atomic E-state index is 12.2. The Morgan fingerprint density at radius 2 is 2.21 bits per heavy atom. The highest BCUT2D eigenvalue weighted by Gasteiger charge is 2.33. The highest BCUT2D eigenvalue weighted by molar-refractivity contribution is 5.98. The Kier molecular flexibility index (Phi) is 3.25. The number of ether oxygens (including phenoxy) is 1. The summed E-state index contributed by atoms with van der Waals surface area (Å²) in [7, 11) is 0. The van der Waals surface area contributed by atoms with Gasteiger partial charge in [0.2, 0.25) is 0 Å². The van der Waals surface area contributed by atoms with Gasteiger partial charge in [0.1, 0.15) is 0 Å². The van der Waals surface area contributed by atoms with E-state index >= 15 is 0 Å². The van der Waals surface area contributed by atoms with Crippen molar-refractivity contribution >= 4 is 5.78 Å². The SMILES string of the molecule is CC1(C)CC(=O)c2ccn(CC3CCCCO3)c2C1. The second-order valence-electron chi connectivity index (χ2n) is 6.76. The van der Waals surface area contributed by atoms with E-state index in [-0.39, 0.29) is 5.41 Å². The standard InChI is InChI=1S/C16H23NO2/c1-16(2)9-14-13(15(18)10-16)6-7-17(14)11-12-5-3-4-8-19-12/h6-7,12H,3-5,8-11H2,1-2H3. The quantitative estimate of drug-likeness (QED) is 0.818. The maximum Gasteiger partial charge on any atom is 0.165 e. The molecule has 1 aromatic rings. The summed E-state index contributed by atoms with van der Waals surface area (Å²) in [6.45, 7) is 6.15. The lowest BCUT2D eigenvalue weighted by Gasteiger charge is -2.31. The van der Waals surface area contributed by atoms with E-state index in [9.17, 15) is 4.79 Å². The summed E-state index contributed by atoms with van der Waals surface area (Å²) in [6, 6.07) is 2.00. The third-order valence-corrected chi connectivity index (χ3v) is 4.34. The van der Waals surface area contributed by atoms with Gasteiger partial charge in [-0.15, -0.1) is 0 Å². The molecule has 2 aliphatic rings. The molecule has 0 spiro atoms. The number of hydrogen-bond donors (Lipinski definition) is 0. The largest absolute Gasteiger partial charge is 0.376 e. The van der Waals surface area contributed by atoms with Crippen LogP contribution < -0.4 is 0 Å². The third kappa shape index (κ3) is 2.62. The Hall–Kier alpha value is -1.09. The smallest absolute Gasteiger partial charge is 0.165 e. The van der Waals surface area contributed by atoms with Crippen molar-refractivity contribution in [1.82, 2.24) is 4.57 Å². The average Bonchev–Trinajstić information content (AvgIpc) is 2.72. The fraction of sp³-hybridized carbons (Fsp3) is 0.688. The first-order valence-electron chi connectivity index (χ1n) is 7.38. The maximum atomic E-state index is 12.2. The molecular weight excluding hydrogens is 238 g/mol. The van der Waals surface area contributed by atoms with Crippen LogP contribution in [0.4, 0.5) is 0 Å². The molecule has 1 unspecified atom stereocenters. The number of aromatic nitrogens is 1. The van der Waals surface area contributed by atoms with Crippen LogP contribution in [0, 0.1) is 5.41 Å². The zero-order chi connectivity index (χ0) is 13.5. The van der Waals surface area contributed by atoms with E-state index in [1.165, 1.54) is 18.5 Å². The molecule has 1 atom stereocenters. The molecular formula is C16H23NO2. The van der Waals surface area contributed by atoms with E-state index in [0.717, 1.165) is 31.6 Å². The first-order valence-corrected chi connectivity index (χ1v) is 7.38. The molecule has 0 N–H and O–H groups in total. The predicted molar refractivity (Wildman–Crippen MR) is 74.5 cm³/mol. The van der Waals surface area contributed by atoms with Gasteiger partial charge >= 0.3 is 0 Å². The lowest BCUT2D eigenvalue weighted by Crippen LogP contribution is -2.30. The normalized spacial score (nSPS) is 26.2. The molecule has 0 aromatic carbocycles. The van der Waals surface area contributed by atoms with E-state index in [2.05, 4.69) is 24.6 Å². The van der Waals surface area contributed by atoms with Crippen molar-refractivity contribution in [3.8, 4) is 0 Å². The molecule has 104 valence electrons. The molecule has 0 radical (unpaired) electrons. The Bertz CT molecular complexity index is 481. The lowest BCUT2D eigenvalue weighted by atomic mass is 9.76. The molecule has 0 saturated carbocycles. The second-order valence-corrected chi connectivity index (χ2v) is 6.76. The summed E-state index contributed by atoms with van der Waals surface area (Å²) in [5, 5.41) is 0. The van der Waals surface area contributed by atoms with Gasteiger partial charge in [-0.1, -0.05) is 13.8 Å². The Labute approximate surface area is 114 Å². The van der Waals surface area contributed by atoms with E-state index in [4.69, 9.17) is 4.74 Å². The molecule has 0 bridgehead atoms. The van der Waals surface area contributed by atoms with Gasteiger partial charge < -0.3 is 9.30 Å². The summed E-state index contributed by atoms with van der Waals surface area (Å²) in [6.07, 6.45) is 7.65. The van der Waals surface area contributed by atoms with Crippen LogP contribution in [0.15, 0.2) is 12.3 Å². The van der Waals surface area contributed by atoms with E-state index in [1.54, 1.807) is 0 Å². The summed E-state index contributed by atoms with van der Waals surface area (Å²) in [5.41, 5.74) is 2.25. The molecule has 1 aliphatic heterocycles. The van der Waals surface area contributed by atoms with Crippen molar-refractivity contribution in [3.05, 3.63) is 23.5 Å². The Balaban J connectivity index is 1.82. The van der Waals surface area contributed by atoms with E-state index < -0.39 is 0 Å². The average molecular weight is 261 g/mol. The molecule has 1 saturated heterocycles. The highest BCUT2D eigenvalue weighted by Crippen LogP contribution is 2.35. The van der Waals surface area contributed by atoms with Crippen LogP contribution in [0.3, 0.4) is 0 Å².